The summed E-state index contributed by atoms with van der Waals surface area (Å²) >= 11 is 0. The van der Waals surface area contributed by atoms with Gasteiger partial charge in [-0.2, -0.15) is 0 Å². The van der Waals surface area contributed by atoms with Crippen molar-refractivity contribution < 1.29 is 33.8 Å². The molecule has 0 spiro atoms. The van der Waals surface area contributed by atoms with E-state index in [4.69, 9.17) is 4.74 Å². The average molecular weight is 526 g/mol. The maximum atomic E-state index is 10.5. The van der Waals surface area contributed by atoms with Crippen molar-refractivity contribution in [3.63, 3.8) is 0 Å². The van der Waals surface area contributed by atoms with Crippen LogP contribution < -0.4 is 49.9 Å². The van der Waals surface area contributed by atoms with Crippen LogP contribution in [0.1, 0.15) is 6.92 Å². The van der Waals surface area contributed by atoms with E-state index in [1.807, 2.05) is 37.3 Å². The van der Waals surface area contributed by atoms with Gasteiger partial charge in [0.2, 0.25) is 0 Å². The lowest BCUT2D eigenvalue weighted by molar-refractivity contribution is -0.00000716. The number of phenols is 1. The lowest BCUT2D eigenvalue weighted by Crippen LogP contribution is -3.00. The molecule has 2 nitrogen and oxygen atoms in total. The summed E-state index contributed by atoms with van der Waals surface area (Å²) in [6.45, 7) is 2.56. The van der Waals surface area contributed by atoms with E-state index in [0.717, 1.165) is 11.1 Å². The Morgan fingerprint density at radius 2 is 1.10 bits per heavy atom. The molecule has 0 aliphatic rings. The normalized spacial score (nSPS) is 10.8. The van der Waals surface area contributed by atoms with Gasteiger partial charge >= 0.3 is 0 Å². The molecule has 0 radical (unpaired) electrons. The minimum Gasteiger partial charge on any atom is -1.00 e. The van der Waals surface area contributed by atoms with Gasteiger partial charge < -0.3 is 33.8 Å². The first-order valence-electron chi connectivity index (χ1n) is 9.79. The van der Waals surface area contributed by atoms with Crippen LogP contribution in [0.2, 0.25) is 0 Å². The van der Waals surface area contributed by atoms with Gasteiger partial charge in [-0.15, -0.1) is 0 Å². The van der Waals surface area contributed by atoms with Gasteiger partial charge in [0, 0.05) is 6.07 Å². The smallest absolute Gasteiger partial charge is 0.162 e. The molecular weight excluding hydrogens is 502 g/mol. The zero-order chi connectivity index (χ0) is 20.1. The van der Waals surface area contributed by atoms with Crippen LogP contribution in [-0.4, -0.2) is 11.7 Å². The molecule has 0 fully saturated rings. The van der Waals surface area contributed by atoms with E-state index in [-0.39, 0.29) is 29.7 Å². The fourth-order valence-corrected chi connectivity index (χ4v) is 8.25. The number of phenolic OH excluding ortho intramolecular Hbond substituents is 1. The van der Waals surface area contributed by atoms with Crippen molar-refractivity contribution in [3.8, 4) is 11.5 Å². The van der Waals surface area contributed by atoms with Crippen molar-refractivity contribution in [2.45, 2.75) is 6.92 Å². The minimum atomic E-state index is -2.28. The lowest BCUT2D eigenvalue weighted by Gasteiger charge is -2.29. The van der Waals surface area contributed by atoms with Gasteiger partial charge in [0.25, 0.3) is 0 Å². The second-order valence-corrected chi connectivity index (χ2v) is 10.1. The van der Waals surface area contributed by atoms with Gasteiger partial charge in [-0.05, 0) is 55.5 Å². The van der Waals surface area contributed by atoms with Gasteiger partial charge in [0.05, 0.1) is 6.61 Å². The number of rotatable bonds is 6. The Morgan fingerprint density at radius 3 is 1.50 bits per heavy atom. The van der Waals surface area contributed by atoms with Crippen LogP contribution in [0.4, 0.5) is 0 Å². The highest BCUT2D eigenvalue weighted by Crippen LogP contribution is 2.56. The molecule has 0 aliphatic heterocycles. The number of benzene rings is 4. The Bertz CT molecular complexity index is 973. The molecule has 0 atom stereocenters. The largest absolute Gasteiger partial charge is 1.00 e. The molecule has 4 aromatic rings. The number of halogens is 1. The third kappa shape index (κ3) is 4.10. The summed E-state index contributed by atoms with van der Waals surface area (Å²) in [5, 5.41) is 15.2. The van der Waals surface area contributed by atoms with Crippen molar-refractivity contribution in [2.75, 3.05) is 6.61 Å². The molecule has 1 N–H and O–H groups in total. The van der Waals surface area contributed by atoms with Gasteiger partial charge in [-0.25, -0.2) is 0 Å². The number of aromatic hydroxyl groups is 1. The number of hydrogen-bond acceptors (Lipinski definition) is 2. The highest BCUT2D eigenvalue weighted by Gasteiger charge is 2.50. The first kappa shape index (κ1) is 22.3. The molecule has 0 heterocycles. The maximum absolute atomic E-state index is 10.5. The zero-order valence-electron chi connectivity index (χ0n) is 16.8. The number of hydrogen-bond donors (Lipinski definition) is 1. The Balaban J connectivity index is 0.00000256. The summed E-state index contributed by atoms with van der Waals surface area (Å²) in [5.41, 5.74) is 0. The van der Waals surface area contributed by atoms with Crippen molar-refractivity contribution in [2.24, 2.45) is 0 Å². The predicted octanol–water partition coefficient (Wildman–Crippen LogP) is 1.41. The second kappa shape index (κ2) is 10.1. The van der Waals surface area contributed by atoms with Gasteiger partial charge in [-0.3, -0.25) is 0 Å². The van der Waals surface area contributed by atoms with Crippen LogP contribution in [0.15, 0.2) is 109 Å². The highest BCUT2D eigenvalue weighted by molar-refractivity contribution is 8.01. The van der Waals surface area contributed by atoms with E-state index in [2.05, 4.69) is 72.8 Å². The number of ether oxygens (including phenoxy) is 1. The summed E-state index contributed by atoms with van der Waals surface area (Å²) in [7, 11) is -2.28. The molecule has 4 rings (SSSR count). The molecule has 4 aromatic carbocycles. The molecule has 152 valence electrons. The minimum absolute atomic E-state index is 0. The maximum Gasteiger partial charge on any atom is 0.162 e. The summed E-state index contributed by atoms with van der Waals surface area (Å²) in [6.07, 6.45) is 0. The molecule has 0 bridgehead atoms. The highest BCUT2D eigenvalue weighted by atomic mass is 127. The van der Waals surface area contributed by atoms with Crippen LogP contribution in [0.25, 0.3) is 0 Å². The topological polar surface area (TPSA) is 29.5 Å². The van der Waals surface area contributed by atoms with Gasteiger partial charge in [-0.1, -0.05) is 54.6 Å². The van der Waals surface area contributed by atoms with E-state index in [9.17, 15) is 5.11 Å². The molecule has 0 aliphatic carbocycles. The zero-order valence-corrected chi connectivity index (χ0v) is 19.8. The Morgan fingerprint density at radius 1 is 0.667 bits per heavy atom. The standard InChI is InChI=1S/C26H23O2P.HI/c1-2-28-25-19-18-21(27)20-26(25)29(22-12-6-3-7-13-22,23-14-8-4-9-15-23)24-16-10-5-11-17-24;/h3-20H,2H2,1H3;1H. The van der Waals surface area contributed by atoms with Crippen LogP contribution in [0.5, 0.6) is 11.5 Å². The van der Waals surface area contributed by atoms with Crippen molar-refractivity contribution in [3.05, 3.63) is 109 Å². The Hall–Kier alpha value is -2.36. The first-order chi connectivity index (χ1) is 14.3. The lowest BCUT2D eigenvalue weighted by atomic mass is 10.3. The molecule has 0 saturated heterocycles. The SMILES string of the molecule is CCOc1ccc(O)cc1[P+](c1ccccc1)(c1ccccc1)c1ccccc1.[I-]. The van der Waals surface area contributed by atoms with Crippen LogP contribution in [-0.2, 0) is 0 Å². The summed E-state index contributed by atoms with van der Waals surface area (Å²) < 4.78 is 6.08. The monoisotopic (exact) mass is 526 g/mol. The predicted molar refractivity (Wildman–Crippen MR) is 124 cm³/mol. The third-order valence-electron chi connectivity index (χ3n) is 5.03. The molecule has 0 aromatic heterocycles. The molecular formula is C26H24IO2P. The molecule has 0 amide bonds. The molecule has 30 heavy (non-hydrogen) atoms. The summed E-state index contributed by atoms with van der Waals surface area (Å²) in [5.74, 6) is 1.06. The van der Waals surface area contributed by atoms with Crippen molar-refractivity contribution >= 4 is 28.5 Å². The van der Waals surface area contributed by atoms with E-state index in [1.54, 1.807) is 6.07 Å². The summed E-state index contributed by atoms with van der Waals surface area (Å²) in [4.78, 5) is 0. The van der Waals surface area contributed by atoms with E-state index >= 15 is 0 Å². The second-order valence-electron chi connectivity index (χ2n) is 6.76. The Labute approximate surface area is 195 Å². The van der Waals surface area contributed by atoms with Crippen LogP contribution >= 0.6 is 7.26 Å². The molecule has 0 unspecified atom stereocenters. The van der Waals surface area contributed by atoms with E-state index < -0.39 is 7.26 Å². The van der Waals surface area contributed by atoms with Crippen molar-refractivity contribution in [1.82, 2.24) is 0 Å². The Kier molecular flexibility index (Phi) is 7.52. The van der Waals surface area contributed by atoms with Gasteiger partial charge in [0.15, 0.2) is 11.1 Å². The summed E-state index contributed by atoms with van der Waals surface area (Å²) in [6, 6.07) is 37.2. The quantitative estimate of drug-likeness (QED) is 0.305. The first-order valence-corrected chi connectivity index (χ1v) is 11.6. The van der Waals surface area contributed by atoms with E-state index in [1.165, 1.54) is 15.9 Å². The van der Waals surface area contributed by atoms with Crippen LogP contribution in [0, 0.1) is 0 Å². The van der Waals surface area contributed by atoms with Gasteiger partial charge in [0.1, 0.15) is 28.9 Å². The van der Waals surface area contributed by atoms with E-state index in [0.29, 0.717) is 6.61 Å². The fraction of sp³-hybridized carbons (Fsp3) is 0.0769. The fourth-order valence-electron chi connectivity index (χ4n) is 3.86. The average Bonchev–Trinajstić information content (AvgIpc) is 2.78. The third-order valence-corrected chi connectivity index (χ3v) is 9.32. The van der Waals surface area contributed by atoms with Crippen LogP contribution in [0.3, 0.4) is 0 Å². The molecule has 0 saturated carbocycles. The van der Waals surface area contributed by atoms with Crippen molar-refractivity contribution in [1.29, 1.82) is 0 Å². The molecule has 4 heteroatoms.